The predicted octanol–water partition coefficient (Wildman–Crippen LogP) is 4.77. The standard InChI is InChI=1S/C18H20/c1-15(2)18-13-11-17(12-14-18)10-6-5-9-16-7-3-4-8-16/h7,11-14H,1,3-4,6,8,10H2,2H3. The van der Waals surface area contributed by atoms with Crippen molar-refractivity contribution in [1.82, 2.24) is 0 Å². The van der Waals surface area contributed by atoms with Crippen molar-refractivity contribution >= 4 is 5.57 Å². The van der Waals surface area contributed by atoms with Gasteiger partial charge in [0.2, 0.25) is 0 Å². The van der Waals surface area contributed by atoms with Crippen LogP contribution in [0.2, 0.25) is 0 Å². The van der Waals surface area contributed by atoms with Gasteiger partial charge in [0.1, 0.15) is 0 Å². The molecule has 0 aliphatic heterocycles. The fourth-order valence-corrected chi connectivity index (χ4v) is 2.12. The Kier molecular flexibility index (Phi) is 4.42. The minimum Gasteiger partial charge on any atom is -0.0979 e. The normalized spacial score (nSPS) is 13.7. The molecule has 0 aromatic heterocycles. The Balaban J connectivity index is 1.84. The molecule has 0 radical (unpaired) electrons. The van der Waals surface area contributed by atoms with Crippen LogP contribution in [0.25, 0.3) is 5.57 Å². The third-order valence-corrected chi connectivity index (χ3v) is 3.28. The lowest BCUT2D eigenvalue weighted by atomic mass is 10.0. The molecule has 0 heteroatoms. The fraction of sp³-hybridized carbons (Fsp3) is 0.333. The van der Waals surface area contributed by atoms with Crippen LogP contribution in [0.3, 0.4) is 0 Å². The van der Waals surface area contributed by atoms with E-state index in [4.69, 9.17) is 0 Å². The SMILES string of the molecule is C=C(C)c1ccc(CCC#CC2=CCCC2)cc1. The van der Waals surface area contributed by atoms with Crippen molar-refractivity contribution in [2.75, 3.05) is 0 Å². The largest absolute Gasteiger partial charge is 0.0979 e. The van der Waals surface area contributed by atoms with Gasteiger partial charge >= 0.3 is 0 Å². The Morgan fingerprint density at radius 1 is 1.28 bits per heavy atom. The van der Waals surface area contributed by atoms with Gasteiger partial charge in [0, 0.05) is 6.42 Å². The highest BCUT2D eigenvalue weighted by atomic mass is 14.0. The molecule has 0 nitrogen and oxygen atoms in total. The highest BCUT2D eigenvalue weighted by Gasteiger charge is 1.99. The third kappa shape index (κ3) is 3.64. The van der Waals surface area contributed by atoms with E-state index in [-0.39, 0.29) is 0 Å². The summed E-state index contributed by atoms with van der Waals surface area (Å²) < 4.78 is 0. The Hall–Kier alpha value is -1.74. The highest BCUT2D eigenvalue weighted by molar-refractivity contribution is 5.61. The highest BCUT2D eigenvalue weighted by Crippen LogP contribution is 2.16. The molecule has 0 heterocycles. The first-order valence-electron chi connectivity index (χ1n) is 6.68. The first-order valence-corrected chi connectivity index (χ1v) is 6.68. The number of hydrogen-bond acceptors (Lipinski definition) is 0. The van der Waals surface area contributed by atoms with Gasteiger partial charge in [-0.15, -0.1) is 0 Å². The predicted molar refractivity (Wildman–Crippen MR) is 79.2 cm³/mol. The van der Waals surface area contributed by atoms with Crippen LogP contribution in [-0.4, -0.2) is 0 Å². The fourth-order valence-electron chi connectivity index (χ4n) is 2.12. The lowest BCUT2D eigenvalue weighted by Crippen LogP contribution is -1.85. The molecule has 0 saturated carbocycles. The van der Waals surface area contributed by atoms with Gasteiger partial charge < -0.3 is 0 Å². The smallest absolute Gasteiger partial charge is 0.0133 e. The van der Waals surface area contributed by atoms with E-state index in [9.17, 15) is 0 Å². The second-order valence-electron chi connectivity index (χ2n) is 4.90. The van der Waals surface area contributed by atoms with Crippen LogP contribution >= 0.6 is 0 Å². The molecule has 2 rings (SSSR count). The van der Waals surface area contributed by atoms with Crippen LogP contribution in [0.5, 0.6) is 0 Å². The summed E-state index contributed by atoms with van der Waals surface area (Å²) in [7, 11) is 0. The summed E-state index contributed by atoms with van der Waals surface area (Å²) in [6.07, 6.45) is 7.94. The molecule has 1 aromatic carbocycles. The van der Waals surface area contributed by atoms with E-state index < -0.39 is 0 Å². The van der Waals surface area contributed by atoms with Crippen LogP contribution in [0, 0.1) is 11.8 Å². The van der Waals surface area contributed by atoms with Gasteiger partial charge in [-0.2, -0.15) is 0 Å². The van der Waals surface area contributed by atoms with E-state index in [2.05, 4.69) is 48.8 Å². The van der Waals surface area contributed by atoms with Crippen molar-refractivity contribution < 1.29 is 0 Å². The molecule has 0 fully saturated rings. The average molecular weight is 236 g/mol. The summed E-state index contributed by atoms with van der Waals surface area (Å²) >= 11 is 0. The number of benzene rings is 1. The van der Waals surface area contributed by atoms with Crippen molar-refractivity contribution in [3.8, 4) is 11.8 Å². The van der Waals surface area contributed by atoms with Gasteiger partial charge in [-0.1, -0.05) is 54.3 Å². The van der Waals surface area contributed by atoms with Gasteiger partial charge in [-0.25, -0.2) is 0 Å². The zero-order valence-corrected chi connectivity index (χ0v) is 11.1. The summed E-state index contributed by atoms with van der Waals surface area (Å²) in [5.41, 5.74) is 5.04. The van der Waals surface area contributed by atoms with Crippen molar-refractivity contribution in [3.05, 3.63) is 53.6 Å². The molecule has 0 atom stereocenters. The molecule has 0 amide bonds. The zero-order chi connectivity index (χ0) is 12.8. The number of hydrogen-bond donors (Lipinski definition) is 0. The van der Waals surface area contributed by atoms with Crippen molar-refractivity contribution in [2.45, 2.75) is 39.0 Å². The van der Waals surface area contributed by atoms with E-state index in [0.717, 1.165) is 18.4 Å². The Morgan fingerprint density at radius 2 is 2.06 bits per heavy atom. The Morgan fingerprint density at radius 3 is 2.67 bits per heavy atom. The van der Waals surface area contributed by atoms with Gasteiger partial charge in [-0.05, 0) is 49.3 Å². The minimum absolute atomic E-state index is 0.948. The van der Waals surface area contributed by atoms with Gasteiger partial charge in [0.05, 0.1) is 0 Å². The maximum absolute atomic E-state index is 3.95. The molecule has 1 aliphatic rings. The summed E-state index contributed by atoms with van der Waals surface area (Å²) in [6, 6.07) is 8.65. The van der Waals surface area contributed by atoms with Crippen LogP contribution < -0.4 is 0 Å². The third-order valence-electron chi connectivity index (χ3n) is 3.28. The summed E-state index contributed by atoms with van der Waals surface area (Å²) in [5, 5.41) is 0. The van der Waals surface area contributed by atoms with E-state index in [0.29, 0.717) is 0 Å². The molecule has 0 bridgehead atoms. The minimum atomic E-state index is 0.948. The first-order chi connectivity index (χ1) is 8.75. The van der Waals surface area contributed by atoms with E-state index in [1.165, 1.54) is 36.0 Å². The Labute approximate surface area is 110 Å². The topological polar surface area (TPSA) is 0 Å². The summed E-state index contributed by atoms with van der Waals surface area (Å²) in [4.78, 5) is 0. The van der Waals surface area contributed by atoms with Crippen molar-refractivity contribution in [3.63, 3.8) is 0 Å². The van der Waals surface area contributed by atoms with Crippen LogP contribution in [0.15, 0.2) is 42.5 Å². The Bertz CT molecular complexity index is 503. The molecule has 18 heavy (non-hydrogen) atoms. The van der Waals surface area contributed by atoms with Crippen LogP contribution in [-0.2, 0) is 6.42 Å². The molecule has 92 valence electrons. The second-order valence-corrected chi connectivity index (χ2v) is 4.90. The van der Waals surface area contributed by atoms with Crippen molar-refractivity contribution in [1.29, 1.82) is 0 Å². The molecule has 0 saturated heterocycles. The zero-order valence-electron chi connectivity index (χ0n) is 11.1. The number of allylic oxidation sites excluding steroid dienone is 3. The average Bonchev–Trinajstić information content (AvgIpc) is 2.88. The number of rotatable bonds is 3. The second kappa shape index (κ2) is 6.26. The molecule has 0 spiro atoms. The van der Waals surface area contributed by atoms with E-state index in [1.807, 2.05) is 6.92 Å². The van der Waals surface area contributed by atoms with E-state index in [1.54, 1.807) is 0 Å². The molecular weight excluding hydrogens is 216 g/mol. The molecule has 1 aromatic rings. The van der Waals surface area contributed by atoms with Crippen LogP contribution in [0.4, 0.5) is 0 Å². The van der Waals surface area contributed by atoms with Gasteiger partial charge in [-0.3, -0.25) is 0 Å². The summed E-state index contributed by atoms with van der Waals surface area (Å²) in [5.74, 6) is 6.56. The van der Waals surface area contributed by atoms with Crippen LogP contribution in [0.1, 0.15) is 43.7 Å². The maximum atomic E-state index is 3.95. The molecule has 0 unspecified atom stereocenters. The maximum Gasteiger partial charge on any atom is 0.0133 e. The summed E-state index contributed by atoms with van der Waals surface area (Å²) in [6.45, 7) is 5.98. The monoisotopic (exact) mass is 236 g/mol. The molecule has 0 N–H and O–H groups in total. The lowest BCUT2D eigenvalue weighted by molar-refractivity contribution is 0.918. The molecule has 1 aliphatic carbocycles. The van der Waals surface area contributed by atoms with E-state index >= 15 is 0 Å². The lowest BCUT2D eigenvalue weighted by Gasteiger charge is -2.01. The van der Waals surface area contributed by atoms with Gasteiger partial charge in [0.15, 0.2) is 0 Å². The quantitative estimate of drug-likeness (QED) is 0.663. The number of aryl methyl sites for hydroxylation is 1. The molecular formula is C18H20. The first kappa shape index (κ1) is 12.7. The van der Waals surface area contributed by atoms with Crippen molar-refractivity contribution in [2.24, 2.45) is 0 Å². The van der Waals surface area contributed by atoms with Gasteiger partial charge in [0.25, 0.3) is 0 Å².